The maximum absolute atomic E-state index is 12.6. The van der Waals surface area contributed by atoms with Crippen molar-refractivity contribution >= 4 is 0 Å². The van der Waals surface area contributed by atoms with Crippen molar-refractivity contribution in [3.8, 4) is 0 Å². The Kier molecular flexibility index (Phi) is 4.46. The van der Waals surface area contributed by atoms with Gasteiger partial charge in [-0.15, -0.1) is 0 Å². The van der Waals surface area contributed by atoms with Crippen LogP contribution >= 0.6 is 0 Å². The maximum Gasteiger partial charge on any atom is 0.416 e. The zero-order valence-electron chi connectivity index (χ0n) is 12.8. The largest absolute Gasteiger partial charge is 0.416 e. The molecular weight excluding hydrogens is 289 g/mol. The summed E-state index contributed by atoms with van der Waals surface area (Å²) in [4.78, 5) is 2.40. The van der Waals surface area contributed by atoms with E-state index in [9.17, 15) is 13.2 Å². The fourth-order valence-electron chi connectivity index (χ4n) is 3.88. The van der Waals surface area contributed by atoms with E-state index in [0.717, 1.165) is 38.3 Å². The smallest absolute Gasteiger partial charge is 0.316 e. The van der Waals surface area contributed by atoms with Crippen molar-refractivity contribution in [1.29, 1.82) is 0 Å². The fourth-order valence-corrected chi connectivity index (χ4v) is 3.88. The minimum atomic E-state index is -4.25. The summed E-state index contributed by atoms with van der Waals surface area (Å²) >= 11 is 0. The summed E-state index contributed by atoms with van der Waals surface area (Å²) in [6.07, 6.45) is 0.699. The van der Waals surface area contributed by atoms with Crippen LogP contribution in [-0.2, 0) is 12.7 Å². The second-order valence-corrected chi connectivity index (χ2v) is 6.79. The van der Waals surface area contributed by atoms with E-state index in [4.69, 9.17) is 0 Å². The topological polar surface area (TPSA) is 15.3 Å². The van der Waals surface area contributed by atoms with Crippen LogP contribution in [0.5, 0.6) is 0 Å². The molecule has 1 atom stereocenters. The average Bonchev–Trinajstić information content (AvgIpc) is 2.48. The molecule has 1 aromatic rings. The number of likely N-dealkylation sites (tertiary alicyclic amines) is 1. The third-order valence-electron chi connectivity index (χ3n) is 4.99. The van der Waals surface area contributed by atoms with Gasteiger partial charge in [0.15, 0.2) is 0 Å². The van der Waals surface area contributed by atoms with Gasteiger partial charge >= 0.3 is 6.18 Å². The first-order valence-corrected chi connectivity index (χ1v) is 8.06. The molecule has 3 rings (SSSR count). The van der Waals surface area contributed by atoms with Crippen molar-refractivity contribution in [1.82, 2.24) is 10.2 Å². The highest BCUT2D eigenvalue weighted by Gasteiger charge is 2.36. The van der Waals surface area contributed by atoms with Crippen LogP contribution in [0.4, 0.5) is 13.2 Å². The van der Waals surface area contributed by atoms with Crippen LogP contribution in [0.25, 0.3) is 0 Å². The molecule has 1 N–H and O–H groups in total. The lowest BCUT2D eigenvalue weighted by atomic mass is 9.74. The number of piperidine rings is 2. The standard InChI is InChI=1S/C17H23F3N2/c18-17(19,20)15-5-3-14(4-6-15)11-22-10-2-8-16(13-22)7-1-9-21-12-16/h3-6,21H,1-2,7-13H2. The van der Waals surface area contributed by atoms with Crippen molar-refractivity contribution in [2.24, 2.45) is 5.41 Å². The highest BCUT2D eigenvalue weighted by molar-refractivity contribution is 5.24. The second-order valence-electron chi connectivity index (χ2n) is 6.79. The number of nitrogens with one attached hydrogen (secondary N) is 1. The summed E-state index contributed by atoms with van der Waals surface area (Å²) in [6.45, 7) is 5.04. The number of halogens is 3. The Morgan fingerprint density at radius 3 is 2.45 bits per heavy atom. The van der Waals surface area contributed by atoms with Gasteiger partial charge in [0.25, 0.3) is 0 Å². The van der Waals surface area contributed by atoms with Crippen LogP contribution in [0.3, 0.4) is 0 Å². The molecule has 2 nitrogen and oxygen atoms in total. The predicted octanol–water partition coefficient (Wildman–Crippen LogP) is 3.67. The molecule has 22 heavy (non-hydrogen) atoms. The molecule has 0 amide bonds. The van der Waals surface area contributed by atoms with Crippen LogP contribution in [0.15, 0.2) is 24.3 Å². The van der Waals surface area contributed by atoms with Gasteiger partial charge in [-0.25, -0.2) is 0 Å². The molecule has 0 radical (unpaired) electrons. The molecule has 2 aliphatic rings. The van der Waals surface area contributed by atoms with E-state index in [1.165, 1.54) is 37.8 Å². The second kappa shape index (κ2) is 6.20. The zero-order chi connectivity index (χ0) is 15.6. The van der Waals surface area contributed by atoms with E-state index in [-0.39, 0.29) is 0 Å². The van der Waals surface area contributed by atoms with E-state index in [2.05, 4.69) is 10.2 Å². The Labute approximate surface area is 129 Å². The van der Waals surface area contributed by atoms with Gasteiger partial charge < -0.3 is 5.32 Å². The average molecular weight is 312 g/mol. The molecule has 0 saturated carbocycles. The van der Waals surface area contributed by atoms with E-state index in [1.807, 2.05) is 0 Å². The molecule has 0 bridgehead atoms. The molecule has 0 aliphatic carbocycles. The fraction of sp³-hybridized carbons (Fsp3) is 0.647. The van der Waals surface area contributed by atoms with Crippen molar-refractivity contribution in [3.63, 3.8) is 0 Å². The zero-order valence-corrected chi connectivity index (χ0v) is 12.8. The van der Waals surface area contributed by atoms with E-state index in [0.29, 0.717) is 5.41 Å². The molecule has 2 saturated heterocycles. The van der Waals surface area contributed by atoms with Gasteiger partial charge in [-0.3, -0.25) is 4.90 Å². The normalized spacial score (nSPS) is 27.2. The van der Waals surface area contributed by atoms with Crippen LogP contribution in [0.1, 0.15) is 36.8 Å². The molecule has 2 fully saturated rings. The van der Waals surface area contributed by atoms with Gasteiger partial charge in [0.05, 0.1) is 5.56 Å². The predicted molar refractivity (Wildman–Crippen MR) is 80.5 cm³/mol. The maximum atomic E-state index is 12.6. The molecule has 1 aromatic carbocycles. The van der Waals surface area contributed by atoms with E-state index < -0.39 is 11.7 Å². The number of hydrogen-bond acceptors (Lipinski definition) is 2. The third-order valence-corrected chi connectivity index (χ3v) is 4.99. The van der Waals surface area contributed by atoms with Gasteiger partial charge in [-0.2, -0.15) is 13.2 Å². The van der Waals surface area contributed by atoms with Crippen LogP contribution in [0, 0.1) is 5.41 Å². The van der Waals surface area contributed by atoms with Gasteiger partial charge in [0, 0.05) is 19.6 Å². The van der Waals surface area contributed by atoms with Gasteiger partial charge in [0.1, 0.15) is 0 Å². The Balaban J connectivity index is 1.63. The number of nitrogens with zero attached hydrogens (tertiary/aromatic N) is 1. The summed E-state index contributed by atoms with van der Waals surface area (Å²) in [6, 6.07) is 5.61. The summed E-state index contributed by atoms with van der Waals surface area (Å²) < 4.78 is 37.8. The van der Waals surface area contributed by atoms with Gasteiger partial charge in [-0.05, 0) is 61.9 Å². The quantitative estimate of drug-likeness (QED) is 0.896. The summed E-state index contributed by atoms with van der Waals surface area (Å²) in [5.74, 6) is 0. The molecule has 2 aliphatic heterocycles. The lowest BCUT2D eigenvalue weighted by Gasteiger charge is -2.45. The first-order valence-electron chi connectivity index (χ1n) is 8.06. The lowest BCUT2D eigenvalue weighted by molar-refractivity contribution is -0.137. The Bertz CT molecular complexity index is 484. The molecule has 0 aromatic heterocycles. The van der Waals surface area contributed by atoms with Gasteiger partial charge in [-0.1, -0.05) is 12.1 Å². The van der Waals surface area contributed by atoms with Crippen molar-refractivity contribution in [3.05, 3.63) is 35.4 Å². The molecule has 2 heterocycles. The Morgan fingerprint density at radius 1 is 1.09 bits per heavy atom. The molecule has 1 unspecified atom stereocenters. The minimum Gasteiger partial charge on any atom is -0.316 e. The first-order chi connectivity index (χ1) is 10.5. The highest BCUT2D eigenvalue weighted by Crippen LogP contribution is 2.36. The lowest BCUT2D eigenvalue weighted by Crippen LogP contribution is -2.50. The summed E-state index contributed by atoms with van der Waals surface area (Å²) in [7, 11) is 0. The number of alkyl halides is 3. The minimum absolute atomic E-state index is 0.377. The third kappa shape index (κ3) is 3.63. The molecule has 1 spiro atoms. The number of hydrogen-bond donors (Lipinski definition) is 1. The molecule has 5 heteroatoms. The van der Waals surface area contributed by atoms with Crippen molar-refractivity contribution in [2.75, 3.05) is 26.2 Å². The first kappa shape index (κ1) is 15.8. The van der Waals surface area contributed by atoms with E-state index >= 15 is 0 Å². The molecule has 122 valence electrons. The van der Waals surface area contributed by atoms with Crippen LogP contribution < -0.4 is 5.32 Å². The van der Waals surface area contributed by atoms with Gasteiger partial charge in [0.2, 0.25) is 0 Å². The Hall–Kier alpha value is -1.07. The number of rotatable bonds is 2. The Morgan fingerprint density at radius 2 is 1.82 bits per heavy atom. The highest BCUT2D eigenvalue weighted by atomic mass is 19.4. The number of benzene rings is 1. The van der Waals surface area contributed by atoms with Crippen LogP contribution in [-0.4, -0.2) is 31.1 Å². The summed E-state index contributed by atoms with van der Waals surface area (Å²) in [5.41, 5.74) is 0.777. The van der Waals surface area contributed by atoms with Crippen LogP contribution in [0.2, 0.25) is 0 Å². The monoisotopic (exact) mass is 312 g/mol. The van der Waals surface area contributed by atoms with E-state index in [1.54, 1.807) is 12.1 Å². The van der Waals surface area contributed by atoms with Crippen molar-refractivity contribution in [2.45, 2.75) is 38.4 Å². The molecular formula is C17H23F3N2. The summed E-state index contributed by atoms with van der Waals surface area (Å²) in [5, 5.41) is 3.50. The van der Waals surface area contributed by atoms with Crippen molar-refractivity contribution < 1.29 is 13.2 Å². The SMILES string of the molecule is FC(F)(F)c1ccc(CN2CCCC3(CCCNC3)C2)cc1.